The van der Waals surface area contributed by atoms with E-state index in [1.807, 2.05) is 24.3 Å². The third kappa shape index (κ3) is 9.02. The Bertz CT molecular complexity index is 671. The Morgan fingerprint density at radius 1 is 0.750 bits per heavy atom. The van der Waals surface area contributed by atoms with Crippen LogP contribution < -0.4 is 16.4 Å². The molecule has 0 radical (unpaired) electrons. The van der Waals surface area contributed by atoms with Crippen molar-refractivity contribution in [2.75, 3.05) is 22.9 Å². The summed E-state index contributed by atoms with van der Waals surface area (Å²) in [4.78, 5) is 12.7. The summed E-state index contributed by atoms with van der Waals surface area (Å²) in [6.07, 6.45) is 13.3. The molecule has 0 saturated carbocycles. The SMILES string of the molecule is CCCCCCCCCCCCNc1nc(N)nc(Nc2ccc(C)cc2)n1. The van der Waals surface area contributed by atoms with Gasteiger partial charge in [0.15, 0.2) is 0 Å². The molecule has 6 nitrogen and oxygen atoms in total. The first kappa shape index (κ1) is 21.9. The largest absolute Gasteiger partial charge is 0.368 e. The standard InChI is InChI=1S/C22H36N6/c1-3-4-5-6-7-8-9-10-11-12-17-24-21-26-20(23)27-22(28-21)25-19-15-13-18(2)14-16-19/h13-16H,3-12,17H2,1-2H3,(H4,23,24,25,26,27,28). The minimum Gasteiger partial charge on any atom is -0.368 e. The number of hydrogen-bond donors (Lipinski definition) is 3. The molecule has 0 spiro atoms. The predicted octanol–water partition coefficient (Wildman–Crippen LogP) is 5.84. The zero-order valence-electron chi connectivity index (χ0n) is 17.5. The topological polar surface area (TPSA) is 88.8 Å². The van der Waals surface area contributed by atoms with Crippen LogP contribution in [-0.4, -0.2) is 21.5 Å². The molecule has 1 aromatic carbocycles. The maximum atomic E-state index is 5.82. The number of nitrogens with zero attached hydrogens (tertiary/aromatic N) is 3. The van der Waals surface area contributed by atoms with Crippen LogP contribution in [0.3, 0.4) is 0 Å². The lowest BCUT2D eigenvalue weighted by Crippen LogP contribution is -2.10. The summed E-state index contributed by atoms with van der Waals surface area (Å²) >= 11 is 0. The van der Waals surface area contributed by atoms with E-state index < -0.39 is 0 Å². The highest BCUT2D eigenvalue weighted by Gasteiger charge is 2.04. The van der Waals surface area contributed by atoms with Gasteiger partial charge in [-0.3, -0.25) is 0 Å². The molecule has 1 heterocycles. The zero-order chi connectivity index (χ0) is 20.0. The predicted molar refractivity (Wildman–Crippen MR) is 119 cm³/mol. The van der Waals surface area contributed by atoms with Gasteiger partial charge in [-0.15, -0.1) is 0 Å². The van der Waals surface area contributed by atoms with Crippen LogP contribution in [0.25, 0.3) is 0 Å². The number of aryl methyl sites for hydroxylation is 1. The third-order valence-corrected chi connectivity index (χ3v) is 4.77. The van der Waals surface area contributed by atoms with E-state index in [1.165, 1.54) is 63.4 Å². The molecule has 154 valence electrons. The van der Waals surface area contributed by atoms with Gasteiger partial charge < -0.3 is 16.4 Å². The lowest BCUT2D eigenvalue weighted by molar-refractivity contribution is 0.559. The quantitative estimate of drug-likeness (QED) is 0.355. The summed E-state index contributed by atoms with van der Waals surface area (Å²) < 4.78 is 0. The molecule has 0 aliphatic heterocycles. The Hall–Kier alpha value is -2.37. The van der Waals surface area contributed by atoms with E-state index in [2.05, 4.69) is 39.4 Å². The van der Waals surface area contributed by atoms with Crippen molar-refractivity contribution < 1.29 is 0 Å². The first-order valence-corrected chi connectivity index (χ1v) is 10.8. The van der Waals surface area contributed by atoms with Crippen LogP contribution in [0.1, 0.15) is 76.7 Å². The first-order valence-electron chi connectivity index (χ1n) is 10.8. The molecule has 2 rings (SSSR count). The Labute approximate surface area is 169 Å². The second kappa shape index (κ2) is 12.9. The molecule has 6 heteroatoms. The van der Waals surface area contributed by atoms with E-state index in [1.54, 1.807) is 0 Å². The number of hydrogen-bond acceptors (Lipinski definition) is 6. The Morgan fingerprint density at radius 3 is 1.96 bits per heavy atom. The molecule has 0 amide bonds. The molecule has 28 heavy (non-hydrogen) atoms. The van der Waals surface area contributed by atoms with Crippen LogP contribution in [0.4, 0.5) is 23.5 Å². The second-order valence-corrected chi connectivity index (χ2v) is 7.44. The zero-order valence-corrected chi connectivity index (χ0v) is 17.5. The van der Waals surface area contributed by atoms with Gasteiger partial charge in [0.25, 0.3) is 0 Å². The van der Waals surface area contributed by atoms with E-state index in [-0.39, 0.29) is 5.95 Å². The van der Waals surface area contributed by atoms with Gasteiger partial charge >= 0.3 is 0 Å². The van der Waals surface area contributed by atoms with Crippen molar-refractivity contribution in [2.45, 2.75) is 78.1 Å². The van der Waals surface area contributed by atoms with Crippen molar-refractivity contribution in [1.82, 2.24) is 15.0 Å². The molecule has 2 aromatic rings. The van der Waals surface area contributed by atoms with Gasteiger partial charge in [-0.1, -0.05) is 82.4 Å². The van der Waals surface area contributed by atoms with Gasteiger partial charge in [0.1, 0.15) is 0 Å². The summed E-state index contributed by atoms with van der Waals surface area (Å²) in [7, 11) is 0. The highest BCUT2D eigenvalue weighted by molar-refractivity contribution is 5.55. The second-order valence-electron chi connectivity index (χ2n) is 7.44. The molecule has 0 bridgehead atoms. The maximum absolute atomic E-state index is 5.82. The number of rotatable bonds is 14. The van der Waals surface area contributed by atoms with E-state index in [4.69, 9.17) is 5.73 Å². The van der Waals surface area contributed by atoms with Crippen molar-refractivity contribution in [1.29, 1.82) is 0 Å². The molecule has 0 aliphatic carbocycles. The van der Waals surface area contributed by atoms with Gasteiger partial charge in [0, 0.05) is 12.2 Å². The highest BCUT2D eigenvalue weighted by Crippen LogP contribution is 2.16. The lowest BCUT2D eigenvalue weighted by atomic mass is 10.1. The minimum atomic E-state index is 0.218. The molecular weight excluding hydrogens is 348 g/mol. The molecule has 0 saturated heterocycles. The van der Waals surface area contributed by atoms with Crippen LogP contribution in [-0.2, 0) is 0 Å². The molecule has 0 atom stereocenters. The van der Waals surface area contributed by atoms with E-state index in [0.717, 1.165) is 18.7 Å². The Balaban J connectivity index is 1.63. The third-order valence-electron chi connectivity index (χ3n) is 4.77. The van der Waals surface area contributed by atoms with E-state index in [9.17, 15) is 0 Å². The van der Waals surface area contributed by atoms with Crippen molar-refractivity contribution in [2.24, 2.45) is 0 Å². The number of anilines is 4. The minimum absolute atomic E-state index is 0.218. The summed E-state index contributed by atoms with van der Waals surface area (Å²) in [5, 5.41) is 6.44. The number of nitrogen functional groups attached to an aromatic ring is 1. The number of nitrogens with two attached hydrogens (primary N) is 1. The van der Waals surface area contributed by atoms with E-state index >= 15 is 0 Å². The Kier molecular flexibility index (Phi) is 10.1. The van der Waals surface area contributed by atoms with Crippen LogP contribution in [0, 0.1) is 6.92 Å². The van der Waals surface area contributed by atoms with Gasteiger partial charge in [0.2, 0.25) is 17.8 Å². The van der Waals surface area contributed by atoms with Gasteiger partial charge in [-0.05, 0) is 25.5 Å². The molecule has 4 N–H and O–H groups in total. The van der Waals surface area contributed by atoms with Gasteiger partial charge in [-0.2, -0.15) is 15.0 Å². The molecule has 0 aliphatic rings. The van der Waals surface area contributed by atoms with Crippen molar-refractivity contribution in [3.05, 3.63) is 29.8 Å². The fourth-order valence-electron chi connectivity index (χ4n) is 3.11. The van der Waals surface area contributed by atoms with Gasteiger partial charge in [0.05, 0.1) is 0 Å². The smallest absolute Gasteiger partial charge is 0.233 e. The van der Waals surface area contributed by atoms with Crippen molar-refractivity contribution >= 4 is 23.5 Å². The molecule has 0 unspecified atom stereocenters. The first-order chi connectivity index (χ1) is 13.7. The Morgan fingerprint density at radius 2 is 1.32 bits per heavy atom. The summed E-state index contributed by atoms with van der Waals surface area (Å²) in [6, 6.07) is 8.06. The summed E-state index contributed by atoms with van der Waals surface area (Å²) in [5.74, 6) is 1.20. The fraction of sp³-hybridized carbons (Fsp3) is 0.591. The van der Waals surface area contributed by atoms with Gasteiger partial charge in [-0.25, -0.2) is 0 Å². The van der Waals surface area contributed by atoms with Crippen LogP contribution >= 0.6 is 0 Å². The number of nitrogens with one attached hydrogen (secondary N) is 2. The summed E-state index contributed by atoms with van der Waals surface area (Å²) in [5.41, 5.74) is 7.96. The number of aromatic nitrogens is 3. The average molecular weight is 385 g/mol. The molecule has 1 aromatic heterocycles. The number of benzene rings is 1. The van der Waals surface area contributed by atoms with Crippen molar-refractivity contribution in [3.63, 3.8) is 0 Å². The molecule has 0 fully saturated rings. The fourth-order valence-corrected chi connectivity index (χ4v) is 3.11. The normalized spacial score (nSPS) is 10.8. The highest BCUT2D eigenvalue weighted by atomic mass is 15.2. The summed E-state index contributed by atoms with van der Waals surface area (Å²) in [6.45, 7) is 5.17. The lowest BCUT2D eigenvalue weighted by Gasteiger charge is -2.09. The monoisotopic (exact) mass is 384 g/mol. The van der Waals surface area contributed by atoms with Crippen LogP contribution in [0.15, 0.2) is 24.3 Å². The number of unbranched alkanes of at least 4 members (excludes halogenated alkanes) is 9. The molecular formula is C22H36N6. The van der Waals surface area contributed by atoms with Crippen molar-refractivity contribution in [3.8, 4) is 0 Å². The maximum Gasteiger partial charge on any atom is 0.233 e. The van der Waals surface area contributed by atoms with Crippen LogP contribution in [0.2, 0.25) is 0 Å². The van der Waals surface area contributed by atoms with Crippen LogP contribution in [0.5, 0.6) is 0 Å². The average Bonchev–Trinajstić information content (AvgIpc) is 2.67. The van der Waals surface area contributed by atoms with E-state index in [0.29, 0.717) is 11.9 Å².